The zero-order valence-electron chi connectivity index (χ0n) is 5.64. The van der Waals surface area contributed by atoms with Crippen LogP contribution in [0, 0.1) is 11.3 Å². The van der Waals surface area contributed by atoms with Crippen LogP contribution in [0.25, 0.3) is 0 Å². The van der Waals surface area contributed by atoms with E-state index in [1.54, 1.807) is 11.8 Å². The molecular formula is C6H10N2S. The highest BCUT2D eigenvalue weighted by molar-refractivity contribution is 8.02. The quantitative estimate of drug-likeness (QED) is 0.604. The van der Waals surface area contributed by atoms with Gasteiger partial charge in [-0.15, -0.1) is 11.8 Å². The van der Waals surface area contributed by atoms with Crippen molar-refractivity contribution in [3.63, 3.8) is 0 Å². The van der Waals surface area contributed by atoms with Gasteiger partial charge in [0.25, 0.3) is 0 Å². The standard InChI is InChI=1S/C6H10N2S/c1-3-8-6(9-2)4-5-7/h4,8H,3H2,1-2H3. The van der Waals surface area contributed by atoms with Crippen molar-refractivity contribution in [1.82, 2.24) is 5.32 Å². The van der Waals surface area contributed by atoms with E-state index in [0.717, 1.165) is 11.6 Å². The number of nitriles is 1. The van der Waals surface area contributed by atoms with Gasteiger partial charge in [-0.2, -0.15) is 5.26 Å². The fourth-order valence-corrected chi connectivity index (χ4v) is 0.874. The average molecular weight is 142 g/mol. The molecule has 0 aromatic rings. The van der Waals surface area contributed by atoms with Crippen molar-refractivity contribution in [3.05, 3.63) is 11.1 Å². The largest absolute Gasteiger partial charge is 0.380 e. The number of hydrogen-bond acceptors (Lipinski definition) is 3. The predicted molar refractivity (Wildman–Crippen MR) is 40.9 cm³/mol. The van der Waals surface area contributed by atoms with Gasteiger partial charge in [-0.25, -0.2) is 0 Å². The number of thioether (sulfide) groups is 1. The molecule has 0 aromatic heterocycles. The Morgan fingerprint density at radius 1 is 1.89 bits per heavy atom. The second kappa shape index (κ2) is 5.52. The van der Waals surface area contributed by atoms with Crippen molar-refractivity contribution in [2.45, 2.75) is 6.92 Å². The highest BCUT2D eigenvalue weighted by Gasteiger charge is 1.87. The van der Waals surface area contributed by atoms with Crippen LogP contribution in [-0.2, 0) is 0 Å². The molecule has 0 unspecified atom stereocenters. The third-order valence-corrected chi connectivity index (χ3v) is 1.47. The van der Waals surface area contributed by atoms with E-state index in [0.29, 0.717) is 0 Å². The van der Waals surface area contributed by atoms with Gasteiger partial charge in [0.2, 0.25) is 0 Å². The van der Waals surface area contributed by atoms with Gasteiger partial charge in [-0.3, -0.25) is 0 Å². The molecule has 0 aliphatic carbocycles. The van der Waals surface area contributed by atoms with Crippen LogP contribution in [0.3, 0.4) is 0 Å². The van der Waals surface area contributed by atoms with Crippen LogP contribution in [0.2, 0.25) is 0 Å². The normalized spacial score (nSPS) is 10.6. The second-order valence-corrected chi connectivity index (χ2v) is 2.22. The third-order valence-electron chi connectivity index (χ3n) is 0.767. The van der Waals surface area contributed by atoms with Crippen LogP contribution in [0.5, 0.6) is 0 Å². The molecule has 9 heavy (non-hydrogen) atoms. The van der Waals surface area contributed by atoms with Crippen molar-refractivity contribution < 1.29 is 0 Å². The van der Waals surface area contributed by atoms with Gasteiger partial charge in [0, 0.05) is 12.6 Å². The maximum absolute atomic E-state index is 8.21. The van der Waals surface area contributed by atoms with Gasteiger partial charge in [0.15, 0.2) is 0 Å². The van der Waals surface area contributed by atoms with Crippen LogP contribution >= 0.6 is 11.8 Å². The summed E-state index contributed by atoms with van der Waals surface area (Å²) in [4.78, 5) is 0. The molecule has 0 aliphatic rings. The summed E-state index contributed by atoms with van der Waals surface area (Å²) in [6.45, 7) is 2.87. The van der Waals surface area contributed by atoms with Crippen molar-refractivity contribution in [2.75, 3.05) is 12.8 Å². The van der Waals surface area contributed by atoms with Crippen LogP contribution in [-0.4, -0.2) is 12.8 Å². The van der Waals surface area contributed by atoms with E-state index >= 15 is 0 Å². The molecule has 0 spiro atoms. The number of allylic oxidation sites excluding steroid dienone is 1. The fraction of sp³-hybridized carbons (Fsp3) is 0.500. The first kappa shape index (κ1) is 8.38. The summed E-state index contributed by atoms with van der Waals surface area (Å²) < 4.78 is 0. The molecule has 0 aromatic carbocycles. The summed E-state index contributed by atoms with van der Waals surface area (Å²) in [7, 11) is 0. The summed E-state index contributed by atoms with van der Waals surface area (Å²) in [6.07, 6.45) is 3.44. The molecule has 0 saturated carbocycles. The molecule has 3 heteroatoms. The molecule has 2 nitrogen and oxygen atoms in total. The number of nitrogens with one attached hydrogen (secondary N) is 1. The molecule has 0 bridgehead atoms. The van der Waals surface area contributed by atoms with Gasteiger partial charge in [0.05, 0.1) is 11.1 Å². The van der Waals surface area contributed by atoms with E-state index in [-0.39, 0.29) is 0 Å². The SMILES string of the molecule is CCNC(=CC#N)SC. The van der Waals surface area contributed by atoms with E-state index in [1.807, 2.05) is 19.2 Å². The fourth-order valence-electron chi connectivity index (χ4n) is 0.415. The summed E-state index contributed by atoms with van der Waals surface area (Å²) in [6, 6.07) is 1.96. The van der Waals surface area contributed by atoms with Crippen LogP contribution in [0.4, 0.5) is 0 Å². The van der Waals surface area contributed by atoms with Gasteiger partial charge in [-0.1, -0.05) is 0 Å². The van der Waals surface area contributed by atoms with Crippen molar-refractivity contribution >= 4 is 11.8 Å². The molecule has 0 amide bonds. The minimum Gasteiger partial charge on any atom is -0.380 e. The van der Waals surface area contributed by atoms with Crippen LogP contribution in [0.15, 0.2) is 11.1 Å². The monoisotopic (exact) mass is 142 g/mol. The molecule has 0 radical (unpaired) electrons. The minimum absolute atomic E-state index is 0.869. The Balaban J connectivity index is 3.70. The molecular weight excluding hydrogens is 132 g/mol. The molecule has 0 saturated heterocycles. The van der Waals surface area contributed by atoms with Crippen molar-refractivity contribution in [3.8, 4) is 6.07 Å². The minimum atomic E-state index is 0.869. The van der Waals surface area contributed by atoms with Gasteiger partial charge in [0.1, 0.15) is 0 Å². The predicted octanol–water partition coefficient (Wildman–Crippen LogP) is 1.32. The smallest absolute Gasteiger partial charge is 0.0939 e. The summed E-state index contributed by atoms with van der Waals surface area (Å²) >= 11 is 1.55. The van der Waals surface area contributed by atoms with E-state index in [2.05, 4.69) is 5.32 Å². The van der Waals surface area contributed by atoms with Crippen molar-refractivity contribution in [1.29, 1.82) is 5.26 Å². The topological polar surface area (TPSA) is 35.8 Å². The summed E-state index contributed by atoms with van der Waals surface area (Å²) in [5.41, 5.74) is 0. The highest BCUT2D eigenvalue weighted by Crippen LogP contribution is 2.04. The molecule has 0 rings (SSSR count). The first-order chi connectivity index (χ1) is 4.35. The highest BCUT2D eigenvalue weighted by atomic mass is 32.2. The number of hydrogen-bond donors (Lipinski definition) is 1. The lowest BCUT2D eigenvalue weighted by Crippen LogP contribution is -2.08. The first-order valence-electron chi connectivity index (χ1n) is 2.72. The molecule has 0 atom stereocenters. The lowest BCUT2D eigenvalue weighted by molar-refractivity contribution is 0.905. The lowest BCUT2D eigenvalue weighted by atomic mass is 10.6. The number of rotatable bonds is 3. The van der Waals surface area contributed by atoms with Crippen molar-refractivity contribution in [2.24, 2.45) is 0 Å². The Bertz CT molecular complexity index is 134. The van der Waals surface area contributed by atoms with E-state index in [9.17, 15) is 0 Å². The molecule has 0 aliphatic heterocycles. The lowest BCUT2D eigenvalue weighted by Gasteiger charge is -2.00. The van der Waals surface area contributed by atoms with Crippen LogP contribution < -0.4 is 5.32 Å². The summed E-state index contributed by atoms with van der Waals surface area (Å²) in [5, 5.41) is 12.2. The van der Waals surface area contributed by atoms with E-state index in [4.69, 9.17) is 5.26 Å². The van der Waals surface area contributed by atoms with Gasteiger partial charge in [-0.05, 0) is 13.2 Å². The number of nitrogens with zero attached hydrogens (tertiary/aromatic N) is 1. The Labute approximate surface area is 59.9 Å². The van der Waals surface area contributed by atoms with E-state index < -0.39 is 0 Å². The maximum atomic E-state index is 8.21. The second-order valence-electron chi connectivity index (χ2n) is 1.37. The Morgan fingerprint density at radius 3 is 2.89 bits per heavy atom. The molecule has 0 fully saturated rings. The Morgan fingerprint density at radius 2 is 2.56 bits per heavy atom. The summed E-state index contributed by atoms with van der Waals surface area (Å²) in [5.74, 6) is 0. The average Bonchev–Trinajstić information content (AvgIpc) is 1.88. The zero-order valence-corrected chi connectivity index (χ0v) is 6.46. The first-order valence-corrected chi connectivity index (χ1v) is 3.95. The van der Waals surface area contributed by atoms with Gasteiger partial charge < -0.3 is 5.32 Å². The molecule has 1 N–H and O–H groups in total. The Hall–Kier alpha value is -0.620. The molecule has 50 valence electrons. The zero-order chi connectivity index (χ0) is 7.11. The molecule has 0 heterocycles. The third kappa shape index (κ3) is 3.92. The van der Waals surface area contributed by atoms with E-state index in [1.165, 1.54) is 6.08 Å². The maximum Gasteiger partial charge on any atom is 0.0939 e. The Kier molecular flexibility index (Phi) is 5.14. The van der Waals surface area contributed by atoms with Gasteiger partial charge >= 0.3 is 0 Å². The van der Waals surface area contributed by atoms with Crippen LogP contribution in [0.1, 0.15) is 6.92 Å².